The molecule has 2 aromatic carbocycles. The van der Waals surface area contributed by atoms with Gasteiger partial charge in [-0.25, -0.2) is 4.79 Å². The fraction of sp³-hybridized carbons (Fsp3) is 0.158. The van der Waals surface area contributed by atoms with Crippen molar-refractivity contribution in [3.63, 3.8) is 0 Å². The van der Waals surface area contributed by atoms with E-state index in [4.69, 9.17) is 5.26 Å². The third-order valence-corrected chi connectivity index (χ3v) is 3.42. The zero-order valence-electron chi connectivity index (χ0n) is 12.5. The van der Waals surface area contributed by atoms with Crippen LogP contribution in [0.3, 0.4) is 0 Å². The van der Waals surface area contributed by atoms with Crippen molar-refractivity contribution in [1.29, 1.82) is 5.26 Å². The summed E-state index contributed by atoms with van der Waals surface area (Å²) < 4.78 is 4.62. The normalized spacial score (nSPS) is 10.4. The van der Waals surface area contributed by atoms with Gasteiger partial charge in [-0.2, -0.15) is 5.26 Å². The predicted octanol–water partition coefficient (Wildman–Crippen LogP) is 3.53. The molecular formula is C19H17NO2. The molecule has 0 radical (unpaired) electrons. The summed E-state index contributed by atoms with van der Waals surface area (Å²) in [4.78, 5) is 11.2. The SMILES string of the molecule is COC(=O)/C=C/c1ccccc1Cc1ccccc1CC#N. The van der Waals surface area contributed by atoms with Gasteiger partial charge >= 0.3 is 5.97 Å². The lowest BCUT2D eigenvalue weighted by Crippen LogP contribution is -1.98. The minimum Gasteiger partial charge on any atom is -0.466 e. The standard InChI is InChI=1S/C19H17NO2/c1-22-19(21)11-10-15-6-2-4-8-17(15)14-18-9-5-3-7-16(18)12-13-20/h2-11H,12,14H2,1H3/b11-10+. The fourth-order valence-corrected chi connectivity index (χ4v) is 2.28. The Kier molecular flexibility index (Phi) is 5.50. The largest absolute Gasteiger partial charge is 0.466 e. The number of esters is 1. The Hall–Kier alpha value is -2.86. The lowest BCUT2D eigenvalue weighted by atomic mass is 9.95. The number of methoxy groups -OCH3 is 1. The van der Waals surface area contributed by atoms with E-state index in [0.717, 1.165) is 28.7 Å². The first-order chi connectivity index (χ1) is 10.7. The summed E-state index contributed by atoms with van der Waals surface area (Å²) in [6.45, 7) is 0. The van der Waals surface area contributed by atoms with E-state index in [1.165, 1.54) is 13.2 Å². The molecule has 0 aromatic heterocycles. The van der Waals surface area contributed by atoms with E-state index in [2.05, 4.69) is 10.8 Å². The second-order valence-corrected chi connectivity index (χ2v) is 4.84. The van der Waals surface area contributed by atoms with Gasteiger partial charge in [0.15, 0.2) is 0 Å². The van der Waals surface area contributed by atoms with Crippen LogP contribution in [0.25, 0.3) is 6.08 Å². The molecule has 0 saturated carbocycles. The summed E-state index contributed by atoms with van der Waals surface area (Å²) in [5.74, 6) is -0.375. The number of hydrogen-bond donors (Lipinski definition) is 0. The quantitative estimate of drug-likeness (QED) is 0.625. The molecule has 0 aliphatic rings. The zero-order valence-corrected chi connectivity index (χ0v) is 12.5. The highest BCUT2D eigenvalue weighted by Crippen LogP contribution is 2.19. The molecule has 0 atom stereocenters. The molecule has 2 aromatic rings. The van der Waals surface area contributed by atoms with Crippen molar-refractivity contribution in [3.05, 3.63) is 76.9 Å². The van der Waals surface area contributed by atoms with Crippen LogP contribution in [0.1, 0.15) is 22.3 Å². The maximum atomic E-state index is 11.2. The van der Waals surface area contributed by atoms with E-state index in [1.54, 1.807) is 6.08 Å². The van der Waals surface area contributed by atoms with Crippen molar-refractivity contribution in [2.24, 2.45) is 0 Å². The van der Waals surface area contributed by atoms with Crippen molar-refractivity contribution in [3.8, 4) is 6.07 Å². The molecule has 3 nitrogen and oxygen atoms in total. The molecule has 3 heteroatoms. The van der Waals surface area contributed by atoms with Gasteiger partial charge in [0.05, 0.1) is 19.6 Å². The van der Waals surface area contributed by atoms with Gasteiger partial charge in [-0.3, -0.25) is 0 Å². The smallest absolute Gasteiger partial charge is 0.330 e. The highest BCUT2D eigenvalue weighted by molar-refractivity contribution is 5.87. The number of nitrogens with zero attached hydrogens (tertiary/aromatic N) is 1. The minimum absolute atomic E-state index is 0.375. The molecule has 0 saturated heterocycles. The van der Waals surface area contributed by atoms with Crippen LogP contribution >= 0.6 is 0 Å². The summed E-state index contributed by atoms with van der Waals surface area (Å²) in [5.41, 5.74) is 4.24. The number of ether oxygens (including phenoxy) is 1. The molecule has 110 valence electrons. The van der Waals surface area contributed by atoms with Crippen LogP contribution in [0.2, 0.25) is 0 Å². The van der Waals surface area contributed by atoms with E-state index >= 15 is 0 Å². The van der Waals surface area contributed by atoms with Gasteiger partial charge in [-0.1, -0.05) is 48.5 Å². The molecule has 0 fully saturated rings. The van der Waals surface area contributed by atoms with Gasteiger partial charge in [-0.15, -0.1) is 0 Å². The van der Waals surface area contributed by atoms with E-state index in [0.29, 0.717) is 6.42 Å². The van der Waals surface area contributed by atoms with Crippen LogP contribution in [0.15, 0.2) is 54.6 Å². The number of benzene rings is 2. The maximum absolute atomic E-state index is 11.2. The van der Waals surface area contributed by atoms with Gasteiger partial charge < -0.3 is 4.74 Å². The topological polar surface area (TPSA) is 50.1 Å². The summed E-state index contributed by atoms with van der Waals surface area (Å²) in [5, 5.41) is 8.92. The van der Waals surface area contributed by atoms with Crippen LogP contribution in [0.5, 0.6) is 0 Å². The maximum Gasteiger partial charge on any atom is 0.330 e. The third-order valence-electron chi connectivity index (χ3n) is 3.42. The van der Waals surface area contributed by atoms with Crippen molar-refractivity contribution < 1.29 is 9.53 Å². The number of rotatable bonds is 5. The first-order valence-corrected chi connectivity index (χ1v) is 7.02. The van der Waals surface area contributed by atoms with Crippen molar-refractivity contribution in [2.75, 3.05) is 7.11 Å². The Labute approximate surface area is 130 Å². The van der Waals surface area contributed by atoms with Crippen molar-refractivity contribution in [2.45, 2.75) is 12.8 Å². The Morgan fingerprint density at radius 1 is 1.09 bits per heavy atom. The zero-order chi connectivity index (χ0) is 15.8. The summed E-state index contributed by atoms with van der Waals surface area (Å²) in [6.07, 6.45) is 4.30. The number of hydrogen-bond acceptors (Lipinski definition) is 3. The molecule has 0 spiro atoms. The first-order valence-electron chi connectivity index (χ1n) is 7.02. The molecule has 0 aliphatic carbocycles. The molecule has 0 unspecified atom stereocenters. The second kappa shape index (κ2) is 7.80. The summed E-state index contributed by atoms with van der Waals surface area (Å²) in [7, 11) is 1.36. The monoisotopic (exact) mass is 291 g/mol. The molecule has 2 rings (SSSR count). The second-order valence-electron chi connectivity index (χ2n) is 4.84. The lowest BCUT2D eigenvalue weighted by molar-refractivity contribution is -0.134. The van der Waals surface area contributed by atoms with Crippen molar-refractivity contribution in [1.82, 2.24) is 0 Å². The number of carbonyl (C=O) groups excluding carboxylic acids is 1. The predicted molar refractivity (Wildman–Crippen MR) is 86.1 cm³/mol. The molecular weight excluding hydrogens is 274 g/mol. The molecule has 0 amide bonds. The molecule has 0 aliphatic heterocycles. The van der Waals surface area contributed by atoms with E-state index in [9.17, 15) is 4.79 Å². The first kappa shape index (κ1) is 15.5. The Morgan fingerprint density at radius 3 is 2.41 bits per heavy atom. The Bertz CT molecular complexity index is 726. The lowest BCUT2D eigenvalue weighted by Gasteiger charge is -2.09. The highest BCUT2D eigenvalue weighted by atomic mass is 16.5. The van der Waals surface area contributed by atoms with Crippen molar-refractivity contribution >= 4 is 12.0 Å². The van der Waals surface area contributed by atoms with E-state index in [1.807, 2.05) is 48.5 Å². The van der Waals surface area contributed by atoms with Crippen LogP contribution in [-0.2, 0) is 22.4 Å². The highest BCUT2D eigenvalue weighted by Gasteiger charge is 2.05. The molecule has 0 bridgehead atoms. The average Bonchev–Trinajstić information content (AvgIpc) is 2.55. The molecule has 0 N–H and O–H groups in total. The summed E-state index contributed by atoms with van der Waals surface area (Å²) in [6, 6.07) is 18.0. The third kappa shape index (κ3) is 4.07. The number of nitriles is 1. The van der Waals surface area contributed by atoms with Gasteiger partial charge in [-0.05, 0) is 34.8 Å². The van der Waals surface area contributed by atoms with Crippen LogP contribution in [-0.4, -0.2) is 13.1 Å². The molecule has 22 heavy (non-hydrogen) atoms. The van der Waals surface area contributed by atoms with Gasteiger partial charge in [0.1, 0.15) is 0 Å². The van der Waals surface area contributed by atoms with Crippen LogP contribution < -0.4 is 0 Å². The van der Waals surface area contributed by atoms with Crippen LogP contribution in [0, 0.1) is 11.3 Å². The van der Waals surface area contributed by atoms with E-state index in [-0.39, 0.29) is 5.97 Å². The molecule has 0 heterocycles. The fourth-order valence-electron chi connectivity index (χ4n) is 2.28. The Morgan fingerprint density at radius 2 is 1.73 bits per heavy atom. The summed E-state index contributed by atoms with van der Waals surface area (Å²) >= 11 is 0. The minimum atomic E-state index is -0.375. The van der Waals surface area contributed by atoms with Gasteiger partial charge in [0.2, 0.25) is 0 Å². The van der Waals surface area contributed by atoms with Crippen LogP contribution in [0.4, 0.5) is 0 Å². The number of carbonyl (C=O) groups is 1. The Balaban J connectivity index is 2.29. The average molecular weight is 291 g/mol. The van der Waals surface area contributed by atoms with Gasteiger partial charge in [0, 0.05) is 6.08 Å². The van der Waals surface area contributed by atoms with E-state index < -0.39 is 0 Å². The van der Waals surface area contributed by atoms with Gasteiger partial charge in [0.25, 0.3) is 0 Å².